The molecular formula is C16H20ClN3. The largest absolute Gasteiger partial charge is 0.271 e. The van der Waals surface area contributed by atoms with Crippen LogP contribution in [0.5, 0.6) is 0 Å². The number of rotatable bonds is 7. The van der Waals surface area contributed by atoms with Crippen LogP contribution in [0.25, 0.3) is 0 Å². The maximum atomic E-state index is 6.12. The van der Waals surface area contributed by atoms with Crippen molar-refractivity contribution in [2.45, 2.75) is 31.7 Å². The van der Waals surface area contributed by atoms with Crippen LogP contribution in [0, 0.1) is 0 Å². The van der Waals surface area contributed by atoms with E-state index in [-0.39, 0.29) is 6.04 Å². The van der Waals surface area contributed by atoms with Crippen molar-refractivity contribution in [2.24, 2.45) is 5.84 Å². The third kappa shape index (κ3) is 4.60. The van der Waals surface area contributed by atoms with Crippen molar-refractivity contribution in [3.63, 3.8) is 0 Å². The number of hydrogen-bond donors (Lipinski definition) is 2. The third-order valence-electron chi connectivity index (χ3n) is 3.42. The Kier molecular flexibility index (Phi) is 5.99. The van der Waals surface area contributed by atoms with Gasteiger partial charge in [-0.15, -0.1) is 0 Å². The molecule has 1 unspecified atom stereocenters. The average molecular weight is 290 g/mol. The number of aromatic nitrogens is 1. The summed E-state index contributed by atoms with van der Waals surface area (Å²) in [5, 5.41) is 0.704. The lowest BCUT2D eigenvalue weighted by atomic mass is 10.00. The molecule has 20 heavy (non-hydrogen) atoms. The molecule has 4 heteroatoms. The van der Waals surface area contributed by atoms with Gasteiger partial charge in [0.2, 0.25) is 0 Å². The molecule has 2 rings (SSSR count). The molecule has 1 aromatic heterocycles. The maximum Gasteiger partial charge on any atom is 0.0621 e. The number of halogens is 1. The zero-order chi connectivity index (χ0) is 14.2. The van der Waals surface area contributed by atoms with Crippen LogP contribution < -0.4 is 11.3 Å². The Morgan fingerprint density at radius 1 is 1.20 bits per heavy atom. The van der Waals surface area contributed by atoms with Crippen LogP contribution >= 0.6 is 11.6 Å². The average Bonchev–Trinajstić information content (AvgIpc) is 2.49. The first-order valence-corrected chi connectivity index (χ1v) is 7.26. The Hall–Kier alpha value is -1.42. The predicted molar refractivity (Wildman–Crippen MR) is 83.4 cm³/mol. The smallest absolute Gasteiger partial charge is 0.0621 e. The fourth-order valence-corrected chi connectivity index (χ4v) is 2.47. The van der Waals surface area contributed by atoms with Gasteiger partial charge in [0.1, 0.15) is 0 Å². The summed E-state index contributed by atoms with van der Waals surface area (Å²) in [7, 11) is 0. The molecule has 0 bridgehead atoms. The summed E-state index contributed by atoms with van der Waals surface area (Å²) in [5.74, 6) is 5.64. The van der Waals surface area contributed by atoms with Crippen LogP contribution in [0.3, 0.4) is 0 Å². The van der Waals surface area contributed by atoms with E-state index in [4.69, 9.17) is 17.4 Å². The van der Waals surface area contributed by atoms with Crippen molar-refractivity contribution in [1.82, 2.24) is 10.4 Å². The van der Waals surface area contributed by atoms with Gasteiger partial charge in [-0.1, -0.05) is 41.9 Å². The number of hydrazine groups is 1. The lowest BCUT2D eigenvalue weighted by Gasteiger charge is -2.16. The molecule has 0 spiro atoms. The standard InChI is InChI=1S/C16H20ClN3/c17-16-12-19-10-9-14(16)11-15(20-18)8-4-7-13-5-2-1-3-6-13/h1-3,5-6,9-10,12,15,20H,4,7-8,11,18H2. The predicted octanol–water partition coefficient (Wildman–Crippen LogP) is 3.13. The molecule has 0 saturated heterocycles. The van der Waals surface area contributed by atoms with Crippen molar-refractivity contribution < 1.29 is 0 Å². The van der Waals surface area contributed by atoms with Crippen molar-refractivity contribution in [3.8, 4) is 0 Å². The molecule has 0 fully saturated rings. The number of nitrogens with one attached hydrogen (secondary N) is 1. The number of nitrogens with zero attached hydrogens (tertiary/aromatic N) is 1. The van der Waals surface area contributed by atoms with Crippen molar-refractivity contribution in [2.75, 3.05) is 0 Å². The Morgan fingerprint density at radius 2 is 2.00 bits per heavy atom. The minimum Gasteiger partial charge on any atom is -0.271 e. The molecule has 0 aliphatic heterocycles. The van der Waals surface area contributed by atoms with Gasteiger partial charge in [0.25, 0.3) is 0 Å². The second-order valence-corrected chi connectivity index (χ2v) is 5.32. The van der Waals surface area contributed by atoms with Crippen LogP contribution in [0.1, 0.15) is 24.0 Å². The lowest BCUT2D eigenvalue weighted by molar-refractivity contribution is 0.476. The lowest BCUT2D eigenvalue weighted by Crippen LogP contribution is -2.36. The van der Waals surface area contributed by atoms with E-state index in [1.54, 1.807) is 12.4 Å². The molecule has 0 saturated carbocycles. The van der Waals surface area contributed by atoms with Gasteiger partial charge in [-0.25, -0.2) is 0 Å². The number of hydrogen-bond acceptors (Lipinski definition) is 3. The Morgan fingerprint density at radius 3 is 2.70 bits per heavy atom. The molecule has 1 heterocycles. The summed E-state index contributed by atoms with van der Waals surface area (Å²) in [6, 6.07) is 12.7. The van der Waals surface area contributed by atoms with Gasteiger partial charge in [-0.05, 0) is 42.9 Å². The highest BCUT2D eigenvalue weighted by atomic mass is 35.5. The summed E-state index contributed by atoms with van der Waals surface area (Å²) >= 11 is 6.12. The highest BCUT2D eigenvalue weighted by Crippen LogP contribution is 2.17. The van der Waals surface area contributed by atoms with E-state index in [1.807, 2.05) is 12.1 Å². The molecule has 2 aromatic rings. The van der Waals surface area contributed by atoms with E-state index in [0.29, 0.717) is 5.02 Å². The van der Waals surface area contributed by atoms with Gasteiger partial charge in [-0.3, -0.25) is 16.3 Å². The summed E-state index contributed by atoms with van der Waals surface area (Å²) in [4.78, 5) is 4.00. The van der Waals surface area contributed by atoms with E-state index in [2.05, 4.69) is 34.7 Å². The number of benzene rings is 1. The molecule has 0 aliphatic carbocycles. The first-order chi connectivity index (χ1) is 9.79. The van der Waals surface area contributed by atoms with Gasteiger partial charge in [0.15, 0.2) is 0 Å². The molecule has 1 aromatic carbocycles. The van der Waals surface area contributed by atoms with Crippen molar-refractivity contribution in [1.29, 1.82) is 0 Å². The highest BCUT2D eigenvalue weighted by molar-refractivity contribution is 6.31. The quantitative estimate of drug-likeness (QED) is 0.608. The van der Waals surface area contributed by atoms with Gasteiger partial charge < -0.3 is 0 Å². The minimum atomic E-state index is 0.235. The van der Waals surface area contributed by atoms with Gasteiger partial charge in [0, 0.05) is 18.4 Å². The van der Waals surface area contributed by atoms with Crippen LogP contribution in [-0.4, -0.2) is 11.0 Å². The second kappa shape index (κ2) is 8.00. The monoisotopic (exact) mass is 289 g/mol. The van der Waals surface area contributed by atoms with E-state index >= 15 is 0 Å². The molecule has 3 nitrogen and oxygen atoms in total. The summed E-state index contributed by atoms with van der Waals surface area (Å²) in [5.41, 5.74) is 5.34. The van der Waals surface area contributed by atoms with Crippen LogP contribution in [0.15, 0.2) is 48.8 Å². The molecule has 0 amide bonds. The Bertz CT molecular complexity index is 516. The SMILES string of the molecule is NNC(CCCc1ccccc1)Cc1ccncc1Cl. The van der Waals surface area contributed by atoms with Gasteiger partial charge >= 0.3 is 0 Å². The number of aryl methyl sites for hydroxylation is 1. The highest BCUT2D eigenvalue weighted by Gasteiger charge is 2.10. The fraction of sp³-hybridized carbons (Fsp3) is 0.312. The fourth-order valence-electron chi connectivity index (χ4n) is 2.28. The minimum absolute atomic E-state index is 0.235. The molecule has 1 atom stereocenters. The summed E-state index contributed by atoms with van der Waals surface area (Å²) < 4.78 is 0. The van der Waals surface area contributed by atoms with E-state index in [1.165, 1.54) is 5.56 Å². The van der Waals surface area contributed by atoms with Crippen LogP contribution in [0.4, 0.5) is 0 Å². The second-order valence-electron chi connectivity index (χ2n) is 4.91. The molecule has 106 valence electrons. The normalized spacial score (nSPS) is 12.3. The van der Waals surface area contributed by atoms with Crippen LogP contribution in [0.2, 0.25) is 5.02 Å². The molecule has 0 radical (unpaired) electrons. The first kappa shape index (κ1) is 15.0. The Balaban J connectivity index is 1.82. The molecule has 0 aliphatic rings. The van der Waals surface area contributed by atoms with E-state index < -0.39 is 0 Å². The van der Waals surface area contributed by atoms with E-state index in [9.17, 15) is 0 Å². The summed E-state index contributed by atoms with van der Waals surface area (Å²) in [6.07, 6.45) is 7.45. The number of nitrogens with two attached hydrogens (primary N) is 1. The van der Waals surface area contributed by atoms with Gasteiger partial charge in [0.05, 0.1) is 5.02 Å². The zero-order valence-corrected chi connectivity index (χ0v) is 12.2. The first-order valence-electron chi connectivity index (χ1n) is 6.88. The molecule has 3 N–H and O–H groups in total. The van der Waals surface area contributed by atoms with Crippen LogP contribution in [-0.2, 0) is 12.8 Å². The van der Waals surface area contributed by atoms with Gasteiger partial charge in [-0.2, -0.15) is 0 Å². The van der Waals surface area contributed by atoms with E-state index in [0.717, 1.165) is 31.2 Å². The zero-order valence-electron chi connectivity index (χ0n) is 11.4. The van der Waals surface area contributed by atoms with Crippen molar-refractivity contribution >= 4 is 11.6 Å². The third-order valence-corrected chi connectivity index (χ3v) is 3.76. The Labute approximate surface area is 125 Å². The molecular weight excluding hydrogens is 270 g/mol. The summed E-state index contributed by atoms with van der Waals surface area (Å²) in [6.45, 7) is 0. The number of pyridine rings is 1. The van der Waals surface area contributed by atoms with Crippen molar-refractivity contribution in [3.05, 3.63) is 64.9 Å². The topological polar surface area (TPSA) is 50.9 Å². The maximum absolute atomic E-state index is 6.12.